The molecule has 172 valence electrons. The van der Waals surface area contributed by atoms with E-state index in [1.165, 1.54) is 16.8 Å². The van der Waals surface area contributed by atoms with Gasteiger partial charge < -0.3 is 10.6 Å². The van der Waals surface area contributed by atoms with Crippen LogP contribution < -0.4 is 16.1 Å². The predicted molar refractivity (Wildman–Crippen MR) is 123 cm³/mol. The highest BCUT2D eigenvalue weighted by Crippen LogP contribution is 2.26. The highest BCUT2D eigenvalue weighted by atomic mass is 35.5. The number of hydrogen-bond donors (Lipinski definition) is 3. The van der Waals surface area contributed by atoms with Gasteiger partial charge in [0, 0.05) is 23.9 Å². The first-order valence-electron chi connectivity index (χ1n) is 10.2. The van der Waals surface area contributed by atoms with Gasteiger partial charge in [-0.15, -0.1) is 0 Å². The van der Waals surface area contributed by atoms with Crippen molar-refractivity contribution in [3.05, 3.63) is 52.2 Å². The summed E-state index contributed by atoms with van der Waals surface area (Å²) in [5.41, 5.74) is 0.697. The molecule has 0 saturated carbocycles. The van der Waals surface area contributed by atoms with Crippen LogP contribution in [-0.4, -0.2) is 34.2 Å². The first kappa shape index (κ1) is 25.3. The van der Waals surface area contributed by atoms with Gasteiger partial charge in [0.25, 0.3) is 0 Å². The first-order chi connectivity index (χ1) is 14.9. The van der Waals surface area contributed by atoms with Gasteiger partial charge in [-0.25, -0.2) is 9.07 Å². The Morgan fingerprint density at radius 3 is 2.53 bits per heavy atom. The molecule has 0 aliphatic carbocycles. The van der Waals surface area contributed by atoms with E-state index in [2.05, 4.69) is 15.7 Å². The monoisotopic (exact) mass is 461 g/mol. The van der Waals surface area contributed by atoms with Crippen LogP contribution in [0.15, 0.2) is 30.3 Å². The molecule has 1 aromatic carbocycles. The fourth-order valence-electron chi connectivity index (χ4n) is 2.88. The van der Waals surface area contributed by atoms with Crippen molar-refractivity contribution < 1.29 is 14.0 Å². The van der Waals surface area contributed by atoms with Gasteiger partial charge in [0.2, 0.25) is 12.3 Å². The molecule has 0 aliphatic heterocycles. The standard InChI is InChI=1S/C23H29ClFN5O2/c1-22(2,3)16-13-19(15-8-9-17(24)18(25)12-15)29-30(20(16)26)11-7-6-10-27-21(32)23(4,5)28-14-31/h7-9,11-14,26H,6,10H2,1-5H3,(H,27,32)(H,28,31)/b11-7+,26-20?. The van der Waals surface area contributed by atoms with Crippen molar-refractivity contribution in [2.75, 3.05) is 6.54 Å². The Balaban J connectivity index is 2.27. The van der Waals surface area contributed by atoms with Crippen LogP contribution in [0.4, 0.5) is 4.39 Å². The number of halogens is 2. The highest BCUT2D eigenvalue weighted by Gasteiger charge is 2.25. The summed E-state index contributed by atoms with van der Waals surface area (Å²) in [4.78, 5) is 22.7. The maximum atomic E-state index is 14.0. The average molecular weight is 462 g/mol. The summed E-state index contributed by atoms with van der Waals surface area (Å²) < 4.78 is 15.4. The molecular weight excluding hydrogens is 433 g/mol. The van der Waals surface area contributed by atoms with E-state index in [1.807, 2.05) is 20.8 Å². The number of aromatic nitrogens is 2. The van der Waals surface area contributed by atoms with E-state index < -0.39 is 11.4 Å². The molecule has 0 bridgehead atoms. The zero-order chi connectivity index (χ0) is 24.1. The Morgan fingerprint density at radius 2 is 1.94 bits per heavy atom. The number of benzene rings is 1. The lowest BCUT2D eigenvalue weighted by Gasteiger charge is -2.22. The first-order valence-corrected chi connectivity index (χ1v) is 10.6. The van der Waals surface area contributed by atoms with Crippen LogP contribution in [0.5, 0.6) is 0 Å². The minimum Gasteiger partial charge on any atom is -0.354 e. The van der Waals surface area contributed by atoms with Crippen molar-refractivity contribution in [3.8, 4) is 11.3 Å². The summed E-state index contributed by atoms with van der Waals surface area (Å²) in [6, 6.07) is 6.27. The zero-order valence-electron chi connectivity index (χ0n) is 18.9. The van der Waals surface area contributed by atoms with Gasteiger partial charge in [0.1, 0.15) is 16.8 Å². The second-order valence-corrected chi connectivity index (χ2v) is 9.34. The maximum Gasteiger partial charge on any atom is 0.245 e. The van der Waals surface area contributed by atoms with Crippen LogP contribution in [0.3, 0.4) is 0 Å². The Labute approximate surface area is 192 Å². The van der Waals surface area contributed by atoms with Crippen LogP contribution in [0.25, 0.3) is 17.5 Å². The summed E-state index contributed by atoms with van der Waals surface area (Å²) >= 11 is 5.80. The molecule has 0 fully saturated rings. The van der Waals surface area contributed by atoms with Gasteiger partial charge in [-0.1, -0.05) is 44.5 Å². The molecule has 2 rings (SSSR count). The number of carbonyl (C=O) groups excluding carboxylic acids is 2. The molecule has 1 aromatic heterocycles. The molecule has 1 heterocycles. The Hall–Kier alpha value is -3.00. The van der Waals surface area contributed by atoms with Crippen molar-refractivity contribution in [2.45, 2.75) is 52.0 Å². The molecular formula is C23H29ClFN5O2. The molecule has 32 heavy (non-hydrogen) atoms. The highest BCUT2D eigenvalue weighted by molar-refractivity contribution is 6.30. The second-order valence-electron chi connectivity index (χ2n) is 8.93. The number of nitrogens with one attached hydrogen (secondary N) is 3. The predicted octanol–water partition coefficient (Wildman–Crippen LogP) is 3.62. The van der Waals surface area contributed by atoms with Gasteiger partial charge in [0.15, 0.2) is 0 Å². The zero-order valence-corrected chi connectivity index (χ0v) is 19.7. The van der Waals surface area contributed by atoms with Gasteiger partial charge in [-0.2, -0.15) is 5.10 Å². The largest absolute Gasteiger partial charge is 0.354 e. The van der Waals surface area contributed by atoms with E-state index in [1.54, 1.807) is 38.3 Å². The third kappa shape index (κ3) is 6.26. The number of carbonyl (C=O) groups is 2. The van der Waals surface area contributed by atoms with Crippen LogP contribution >= 0.6 is 11.6 Å². The van der Waals surface area contributed by atoms with Crippen molar-refractivity contribution in [2.24, 2.45) is 0 Å². The number of nitrogens with zero attached hydrogens (tertiary/aromatic N) is 2. The smallest absolute Gasteiger partial charge is 0.245 e. The fourth-order valence-corrected chi connectivity index (χ4v) is 2.99. The normalized spacial score (nSPS) is 12.1. The van der Waals surface area contributed by atoms with Crippen LogP contribution in [0, 0.1) is 11.2 Å². The molecule has 2 amide bonds. The molecule has 0 aliphatic rings. The van der Waals surface area contributed by atoms with Crippen molar-refractivity contribution in [1.29, 1.82) is 5.41 Å². The van der Waals surface area contributed by atoms with Gasteiger partial charge in [0.05, 0.1) is 10.7 Å². The Kier molecular flexibility index (Phi) is 7.96. The van der Waals surface area contributed by atoms with Gasteiger partial charge >= 0.3 is 0 Å². The second kappa shape index (κ2) is 10.1. The quantitative estimate of drug-likeness (QED) is 0.413. The third-order valence-corrected chi connectivity index (χ3v) is 5.14. The number of rotatable bonds is 8. The Morgan fingerprint density at radius 1 is 1.25 bits per heavy atom. The van der Waals surface area contributed by atoms with Crippen molar-refractivity contribution in [1.82, 2.24) is 20.4 Å². The molecule has 0 saturated heterocycles. The third-order valence-electron chi connectivity index (χ3n) is 4.83. The molecule has 0 radical (unpaired) electrons. The summed E-state index contributed by atoms with van der Waals surface area (Å²) in [7, 11) is 0. The van der Waals surface area contributed by atoms with Gasteiger partial charge in [-0.05, 0) is 43.9 Å². The lowest BCUT2D eigenvalue weighted by Crippen LogP contribution is -2.52. The van der Waals surface area contributed by atoms with Crippen LogP contribution in [0.2, 0.25) is 5.02 Å². The molecule has 3 N–H and O–H groups in total. The Bertz CT molecular complexity index is 1090. The lowest BCUT2D eigenvalue weighted by atomic mass is 9.87. The topological polar surface area (TPSA) is 99.9 Å². The fraction of sp³-hybridized carbons (Fsp3) is 0.391. The van der Waals surface area contributed by atoms with Crippen LogP contribution in [0.1, 0.15) is 46.6 Å². The minimum atomic E-state index is -1.00. The van der Waals surface area contributed by atoms with E-state index >= 15 is 0 Å². The van der Waals surface area contributed by atoms with E-state index in [0.717, 1.165) is 5.56 Å². The average Bonchev–Trinajstić information content (AvgIpc) is 2.69. The van der Waals surface area contributed by atoms with E-state index in [9.17, 15) is 14.0 Å². The lowest BCUT2D eigenvalue weighted by molar-refractivity contribution is -0.128. The van der Waals surface area contributed by atoms with Crippen LogP contribution in [-0.2, 0) is 15.0 Å². The van der Waals surface area contributed by atoms with Gasteiger partial charge in [-0.3, -0.25) is 15.0 Å². The minimum absolute atomic E-state index is 0.0308. The molecule has 2 aromatic rings. The summed E-state index contributed by atoms with van der Waals surface area (Å²) in [6.07, 6.45) is 4.41. The maximum absolute atomic E-state index is 14.0. The summed E-state index contributed by atoms with van der Waals surface area (Å²) in [5.74, 6) is -0.838. The molecule has 0 spiro atoms. The van der Waals surface area contributed by atoms with E-state index in [0.29, 0.717) is 30.6 Å². The molecule has 9 heteroatoms. The van der Waals surface area contributed by atoms with Crippen molar-refractivity contribution in [3.63, 3.8) is 0 Å². The SMILES string of the molecule is CC(C)(NC=O)C(=O)NCC/C=C/n1nc(-c2ccc(Cl)c(F)c2)cc(C(C)(C)C)c1=N. The number of amides is 2. The molecule has 0 unspecified atom stereocenters. The van der Waals surface area contributed by atoms with Crippen molar-refractivity contribution >= 4 is 30.1 Å². The van der Waals surface area contributed by atoms with E-state index in [-0.39, 0.29) is 21.8 Å². The number of hydrogen-bond acceptors (Lipinski definition) is 4. The summed E-state index contributed by atoms with van der Waals surface area (Å²) in [5, 5.41) is 18.3. The molecule has 0 atom stereocenters. The van der Waals surface area contributed by atoms with E-state index in [4.69, 9.17) is 17.0 Å². The summed E-state index contributed by atoms with van der Waals surface area (Å²) in [6.45, 7) is 9.54. The molecule has 7 nitrogen and oxygen atoms in total.